The zero-order valence-corrected chi connectivity index (χ0v) is 17.2. The third-order valence-electron chi connectivity index (χ3n) is 5.41. The fraction of sp³-hybridized carbons (Fsp3) is 0.227. The standard InChI is InChI=1S/C22H19FN6O3/c1-28-20(30)10-18(16-6-7-24-11-17(16)23)26-22(28)29-8-9-31-19(12-29)14-2-4-15(5-3-14)21-25-13-32-27-21/h2-7,10-11,13,19H,8-9,12H2,1H3. The first-order valence-corrected chi connectivity index (χ1v) is 10.0. The number of aromatic nitrogens is 5. The largest absolute Gasteiger partial charge is 0.370 e. The minimum absolute atomic E-state index is 0.221. The lowest BCUT2D eigenvalue weighted by atomic mass is 10.1. The number of nitrogens with zero attached hydrogens (tertiary/aromatic N) is 6. The van der Waals surface area contributed by atoms with Crippen LogP contribution in [0.4, 0.5) is 10.3 Å². The number of morpholine rings is 1. The Kier molecular flexibility index (Phi) is 5.20. The van der Waals surface area contributed by atoms with Gasteiger partial charge in [-0.3, -0.25) is 14.3 Å². The van der Waals surface area contributed by atoms with E-state index in [1.165, 1.54) is 29.3 Å². The SMILES string of the molecule is Cn1c(N2CCOC(c3ccc(-c4ncon4)cc3)C2)nc(-c2ccncc2F)cc1=O. The molecule has 4 heterocycles. The van der Waals surface area contributed by atoms with Crippen molar-refractivity contribution in [1.82, 2.24) is 24.7 Å². The lowest BCUT2D eigenvalue weighted by Gasteiger charge is -2.34. The first-order chi connectivity index (χ1) is 15.6. The van der Waals surface area contributed by atoms with Crippen LogP contribution < -0.4 is 10.5 Å². The molecule has 1 aliphatic heterocycles. The average molecular weight is 434 g/mol. The van der Waals surface area contributed by atoms with Crippen LogP contribution in [0.25, 0.3) is 22.6 Å². The highest BCUT2D eigenvalue weighted by Gasteiger charge is 2.25. The highest BCUT2D eigenvalue weighted by Crippen LogP contribution is 2.28. The molecule has 162 valence electrons. The molecule has 1 saturated heterocycles. The summed E-state index contributed by atoms with van der Waals surface area (Å²) in [5.74, 6) is 0.447. The molecule has 10 heteroatoms. The molecule has 4 aromatic rings. The molecule has 32 heavy (non-hydrogen) atoms. The minimum Gasteiger partial charge on any atom is -0.370 e. The van der Waals surface area contributed by atoms with Gasteiger partial charge in [0.05, 0.1) is 25.0 Å². The number of rotatable bonds is 4. The van der Waals surface area contributed by atoms with E-state index in [2.05, 4.69) is 20.1 Å². The van der Waals surface area contributed by atoms with Gasteiger partial charge in [-0.05, 0) is 11.6 Å². The van der Waals surface area contributed by atoms with Gasteiger partial charge in [0.25, 0.3) is 5.56 Å². The van der Waals surface area contributed by atoms with E-state index >= 15 is 0 Å². The van der Waals surface area contributed by atoms with Crippen molar-refractivity contribution in [2.45, 2.75) is 6.10 Å². The minimum atomic E-state index is -0.527. The second kappa shape index (κ2) is 8.31. The Hall–Kier alpha value is -3.92. The fourth-order valence-corrected chi connectivity index (χ4v) is 3.71. The zero-order valence-electron chi connectivity index (χ0n) is 17.2. The predicted octanol–water partition coefficient (Wildman–Crippen LogP) is 2.61. The Bertz CT molecular complexity index is 1290. The molecule has 0 bridgehead atoms. The van der Waals surface area contributed by atoms with E-state index in [4.69, 9.17) is 9.26 Å². The molecule has 1 aliphatic rings. The van der Waals surface area contributed by atoms with Crippen LogP contribution in [0.1, 0.15) is 11.7 Å². The van der Waals surface area contributed by atoms with E-state index in [1.807, 2.05) is 29.2 Å². The van der Waals surface area contributed by atoms with E-state index in [1.54, 1.807) is 7.05 Å². The van der Waals surface area contributed by atoms with Crippen molar-refractivity contribution in [3.05, 3.63) is 76.9 Å². The molecule has 0 saturated carbocycles. The van der Waals surface area contributed by atoms with Crippen molar-refractivity contribution >= 4 is 5.95 Å². The van der Waals surface area contributed by atoms with Gasteiger partial charge in [-0.15, -0.1) is 0 Å². The van der Waals surface area contributed by atoms with Crippen LogP contribution in [0.5, 0.6) is 0 Å². The second-order valence-corrected chi connectivity index (χ2v) is 7.38. The van der Waals surface area contributed by atoms with Crippen molar-refractivity contribution in [3.8, 4) is 22.6 Å². The first-order valence-electron chi connectivity index (χ1n) is 10.0. The molecular weight excluding hydrogens is 415 g/mol. The maximum atomic E-state index is 14.2. The molecule has 0 radical (unpaired) electrons. The van der Waals surface area contributed by atoms with Gasteiger partial charge in [0.15, 0.2) is 5.82 Å². The van der Waals surface area contributed by atoms with Crippen LogP contribution in [-0.4, -0.2) is 44.4 Å². The monoisotopic (exact) mass is 434 g/mol. The summed E-state index contributed by atoms with van der Waals surface area (Å²) in [6.07, 6.45) is 3.65. The molecule has 1 atom stereocenters. The topological polar surface area (TPSA) is 99.2 Å². The van der Waals surface area contributed by atoms with E-state index in [0.717, 1.165) is 17.3 Å². The third-order valence-corrected chi connectivity index (χ3v) is 5.41. The number of anilines is 1. The molecule has 9 nitrogen and oxygen atoms in total. The Balaban J connectivity index is 1.43. The van der Waals surface area contributed by atoms with Crippen LogP contribution >= 0.6 is 0 Å². The molecule has 0 N–H and O–H groups in total. The normalized spacial score (nSPS) is 16.3. The number of hydrogen-bond donors (Lipinski definition) is 0. The van der Waals surface area contributed by atoms with E-state index < -0.39 is 5.82 Å². The number of ether oxygens (including phenoxy) is 1. The van der Waals surface area contributed by atoms with Crippen LogP contribution in [-0.2, 0) is 11.8 Å². The van der Waals surface area contributed by atoms with Gasteiger partial charge in [0.1, 0.15) is 6.10 Å². The van der Waals surface area contributed by atoms with Gasteiger partial charge in [-0.25, -0.2) is 9.37 Å². The lowest BCUT2D eigenvalue weighted by Crippen LogP contribution is -2.41. The van der Waals surface area contributed by atoms with Gasteiger partial charge in [0.2, 0.25) is 18.2 Å². The summed E-state index contributed by atoms with van der Waals surface area (Å²) in [5, 5.41) is 3.84. The molecule has 0 aliphatic carbocycles. The maximum absolute atomic E-state index is 14.2. The van der Waals surface area contributed by atoms with Crippen molar-refractivity contribution in [1.29, 1.82) is 0 Å². The van der Waals surface area contributed by atoms with E-state index in [-0.39, 0.29) is 22.9 Å². The van der Waals surface area contributed by atoms with Crippen molar-refractivity contribution in [3.63, 3.8) is 0 Å². The summed E-state index contributed by atoms with van der Waals surface area (Å²) in [6, 6.07) is 10.6. The van der Waals surface area contributed by atoms with Crippen LogP contribution in [0.3, 0.4) is 0 Å². The molecule has 3 aromatic heterocycles. The molecule has 0 amide bonds. The fourth-order valence-electron chi connectivity index (χ4n) is 3.71. The maximum Gasteiger partial charge on any atom is 0.255 e. The lowest BCUT2D eigenvalue weighted by molar-refractivity contribution is 0.0390. The Morgan fingerprint density at radius 1 is 1.19 bits per heavy atom. The summed E-state index contributed by atoms with van der Waals surface area (Å²) in [4.78, 5) is 27.0. The van der Waals surface area contributed by atoms with Crippen LogP contribution in [0.15, 0.2) is 64.5 Å². The highest BCUT2D eigenvalue weighted by atomic mass is 19.1. The number of benzene rings is 1. The second-order valence-electron chi connectivity index (χ2n) is 7.38. The van der Waals surface area contributed by atoms with Gasteiger partial charge in [0, 0.05) is 37.0 Å². The molecule has 1 unspecified atom stereocenters. The van der Waals surface area contributed by atoms with E-state index in [9.17, 15) is 9.18 Å². The predicted molar refractivity (Wildman–Crippen MR) is 113 cm³/mol. The average Bonchev–Trinajstić information content (AvgIpc) is 3.36. The summed E-state index contributed by atoms with van der Waals surface area (Å²) in [6.45, 7) is 1.51. The molecule has 0 spiro atoms. The number of halogens is 1. The number of pyridine rings is 1. The third kappa shape index (κ3) is 3.76. The molecular formula is C22H19FN6O3. The van der Waals surface area contributed by atoms with Crippen molar-refractivity contribution < 1.29 is 13.7 Å². The van der Waals surface area contributed by atoms with Gasteiger partial charge in [-0.2, -0.15) is 4.98 Å². The smallest absolute Gasteiger partial charge is 0.255 e. The molecule has 1 aromatic carbocycles. The highest BCUT2D eigenvalue weighted by molar-refractivity contribution is 5.60. The molecule has 1 fully saturated rings. The summed E-state index contributed by atoms with van der Waals surface area (Å²) >= 11 is 0. The van der Waals surface area contributed by atoms with Crippen molar-refractivity contribution in [2.75, 3.05) is 24.6 Å². The Labute approximate surface area is 182 Å². The molecule has 5 rings (SSSR count). The Morgan fingerprint density at radius 2 is 2.03 bits per heavy atom. The van der Waals surface area contributed by atoms with Crippen LogP contribution in [0.2, 0.25) is 0 Å². The Morgan fingerprint density at radius 3 is 2.78 bits per heavy atom. The van der Waals surface area contributed by atoms with Gasteiger partial charge >= 0.3 is 0 Å². The summed E-state index contributed by atoms with van der Waals surface area (Å²) in [7, 11) is 1.65. The number of hydrogen-bond acceptors (Lipinski definition) is 8. The van der Waals surface area contributed by atoms with E-state index in [0.29, 0.717) is 31.5 Å². The summed E-state index contributed by atoms with van der Waals surface area (Å²) < 4.78 is 26.5. The zero-order chi connectivity index (χ0) is 22.1. The van der Waals surface area contributed by atoms with Gasteiger partial charge < -0.3 is 14.2 Å². The van der Waals surface area contributed by atoms with Crippen LogP contribution in [0, 0.1) is 5.82 Å². The first kappa shape index (κ1) is 20.0. The quantitative estimate of drug-likeness (QED) is 0.483. The summed E-state index contributed by atoms with van der Waals surface area (Å²) in [5.41, 5.74) is 2.06. The van der Waals surface area contributed by atoms with Gasteiger partial charge in [-0.1, -0.05) is 29.4 Å². The van der Waals surface area contributed by atoms with Crippen molar-refractivity contribution in [2.24, 2.45) is 7.05 Å².